The molecule has 7 heteroatoms. The average molecular weight is 432 g/mol. The molecule has 0 saturated heterocycles. The van der Waals surface area contributed by atoms with Crippen molar-refractivity contribution < 1.29 is 4.79 Å². The highest BCUT2D eigenvalue weighted by molar-refractivity contribution is 9.10. The zero-order chi connectivity index (χ0) is 16.7. The Labute approximate surface area is 157 Å². The Hall–Kier alpha value is -1.01. The van der Waals surface area contributed by atoms with Crippen molar-refractivity contribution in [1.82, 2.24) is 5.43 Å². The van der Waals surface area contributed by atoms with Gasteiger partial charge in [-0.2, -0.15) is 5.10 Å². The number of rotatable bonds is 6. The summed E-state index contributed by atoms with van der Waals surface area (Å²) in [6, 6.07) is 13.1. The van der Waals surface area contributed by atoms with E-state index in [1.165, 1.54) is 18.0 Å². The third-order valence-corrected chi connectivity index (χ3v) is 4.81. The van der Waals surface area contributed by atoms with E-state index in [0.29, 0.717) is 21.4 Å². The topological polar surface area (TPSA) is 41.5 Å². The van der Waals surface area contributed by atoms with E-state index in [9.17, 15) is 4.79 Å². The number of nitrogens with one attached hydrogen (secondary N) is 1. The zero-order valence-electron chi connectivity index (χ0n) is 11.9. The standard InChI is InChI=1S/C16H13BrCl2N2OS/c17-13-3-1-2-11(6-13)9-23-10-16(22)21-20-8-12-4-5-14(18)7-15(12)19/h1-8H,9-10H2,(H,21,22). The zero-order valence-corrected chi connectivity index (χ0v) is 15.8. The van der Waals surface area contributed by atoms with Crippen LogP contribution in [0.5, 0.6) is 0 Å². The van der Waals surface area contributed by atoms with Crippen molar-refractivity contribution in [2.45, 2.75) is 5.75 Å². The van der Waals surface area contributed by atoms with Crippen LogP contribution in [0.1, 0.15) is 11.1 Å². The van der Waals surface area contributed by atoms with Crippen molar-refractivity contribution in [1.29, 1.82) is 0 Å². The molecule has 0 aromatic heterocycles. The van der Waals surface area contributed by atoms with E-state index in [1.807, 2.05) is 24.3 Å². The van der Waals surface area contributed by atoms with Gasteiger partial charge < -0.3 is 0 Å². The molecule has 0 atom stereocenters. The van der Waals surface area contributed by atoms with Crippen LogP contribution in [0.3, 0.4) is 0 Å². The van der Waals surface area contributed by atoms with Crippen molar-refractivity contribution in [2.75, 3.05) is 5.75 Å². The van der Waals surface area contributed by atoms with Gasteiger partial charge in [-0.3, -0.25) is 4.79 Å². The van der Waals surface area contributed by atoms with Crippen molar-refractivity contribution in [3.8, 4) is 0 Å². The number of hydrazone groups is 1. The van der Waals surface area contributed by atoms with Crippen LogP contribution in [0.2, 0.25) is 10.0 Å². The molecule has 0 heterocycles. The second-order valence-corrected chi connectivity index (χ2v) is 7.33. The number of halogens is 3. The number of benzene rings is 2. The predicted octanol–water partition coefficient (Wildman–Crippen LogP) is 5.14. The van der Waals surface area contributed by atoms with Gasteiger partial charge in [-0.25, -0.2) is 5.43 Å². The summed E-state index contributed by atoms with van der Waals surface area (Å²) in [6.45, 7) is 0. The molecule has 120 valence electrons. The van der Waals surface area contributed by atoms with Crippen LogP contribution < -0.4 is 5.43 Å². The molecular weight excluding hydrogens is 419 g/mol. The van der Waals surface area contributed by atoms with Crippen LogP contribution in [-0.4, -0.2) is 17.9 Å². The molecule has 3 nitrogen and oxygen atoms in total. The summed E-state index contributed by atoms with van der Waals surface area (Å²) in [5, 5.41) is 4.94. The molecule has 2 rings (SSSR count). The van der Waals surface area contributed by atoms with E-state index < -0.39 is 0 Å². The second kappa shape index (κ2) is 9.33. The average Bonchev–Trinajstić information content (AvgIpc) is 2.49. The molecule has 1 amide bonds. The summed E-state index contributed by atoms with van der Waals surface area (Å²) >= 11 is 16.8. The van der Waals surface area contributed by atoms with Crippen LogP contribution in [0, 0.1) is 0 Å². The Bertz CT molecular complexity index is 725. The first-order valence-electron chi connectivity index (χ1n) is 6.64. The molecule has 0 radical (unpaired) electrons. The summed E-state index contributed by atoms with van der Waals surface area (Å²) in [6.07, 6.45) is 1.50. The fraction of sp³-hybridized carbons (Fsp3) is 0.125. The van der Waals surface area contributed by atoms with Crippen molar-refractivity contribution in [2.24, 2.45) is 5.10 Å². The lowest BCUT2D eigenvalue weighted by molar-refractivity contribution is -0.118. The molecule has 0 aliphatic heterocycles. The molecule has 2 aromatic rings. The molecule has 23 heavy (non-hydrogen) atoms. The van der Waals surface area contributed by atoms with Crippen molar-refractivity contribution >= 4 is 63.0 Å². The third-order valence-electron chi connectivity index (χ3n) is 2.75. The minimum absolute atomic E-state index is 0.161. The highest BCUT2D eigenvalue weighted by atomic mass is 79.9. The summed E-state index contributed by atoms with van der Waals surface area (Å²) in [7, 11) is 0. The molecular formula is C16H13BrCl2N2OS. The molecule has 0 fully saturated rings. The summed E-state index contributed by atoms with van der Waals surface area (Å²) in [5.41, 5.74) is 4.33. The minimum Gasteiger partial charge on any atom is -0.272 e. The van der Waals surface area contributed by atoms with E-state index in [-0.39, 0.29) is 5.91 Å². The number of carbonyl (C=O) groups excluding carboxylic acids is 1. The van der Waals surface area contributed by atoms with Crippen molar-refractivity contribution in [3.63, 3.8) is 0 Å². The van der Waals surface area contributed by atoms with Crippen molar-refractivity contribution in [3.05, 3.63) is 68.1 Å². The van der Waals surface area contributed by atoms with E-state index >= 15 is 0 Å². The third kappa shape index (κ3) is 6.55. The Morgan fingerprint density at radius 3 is 2.83 bits per heavy atom. The number of nitrogens with zero attached hydrogens (tertiary/aromatic N) is 1. The van der Waals surface area contributed by atoms with Crippen LogP contribution in [0.15, 0.2) is 52.0 Å². The van der Waals surface area contributed by atoms with Crippen LogP contribution in [-0.2, 0) is 10.5 Å². The van der Waals surface area contributed by atoms with Gasteiger partial charge in [-0.05, 0) is 29.8 Å². The fourth-order valence-electron chi connectivity index (χ4n) is 1.70. The summed E-state index contributed by atoms with van der Waals surface area (Å²) in [5.74, 6) is 0.934. The van der Waals surface area contributed by atoms with E-state index in [4.69, 9.17) is 23.2 Å². The predicted molar refractivity (Wildman–Crippen MR) is 103 cm³/mol. The lowest BCUT2D eigenvalue weighted by atomic mass is 10.2. The van der Waals surface area contributed by atoms with Gasteiger partial charge in [-0.15, -0.1) is 11.8 Å². The summed E-state index contributed by atoms with van der Waals surface area (Å²) < 4.78 is 1.03. The molecule has 2 aromatic carbocycles. The summed E-state index contributed by atoms with van der Waals surface area (Å²) in [4.78, 5) is 11.7. The smallest absolute Gasteiger partial charge is 0.250 e. The lowest BCUT2D eigenvalue weighted by Gasteiger charge is -2.02. The SMILES string of the molecule is O=C(CSCc1cccc(Br)c1)NN=Cc1ccc(Cl)cc1Cl. The van der Waals surface area contributed by atoms with Gasteiger partial charge in [-0.1, -0.05) is 57.3 Å². The Morgan fingerprint density at radius 1 is 1.26 bits per heavy atom. The first-order chi connectivity index (χ1) is 11.0. The van der Waals surface area contributed by atoms with Crippen LogP contribution >= 0.6 is 50.9 Å². The molecule has 0 aliphatic carbocycles. The first kappa shape index (κ1) is 18.3. The number of thioether (sulfide) groups is 1. The van der Waals surface area contributed by atoms with Gasteiger partial charge >= 0.3 is 0 Å². The number of hydrogen-bond acceptors (Lipinski definition) is 3. The monoisotopic (exact) mass is 430 g/mol. The maximum atomic E-state index is 11.7. The largest absolute Gasteiger partial charge is 0.272 e. The van der Waals surface area contributed by atoms with Crippen LogP contribution in [0.25, 0.3) is 0 Å². The van der Waals surface area contributed by atoms with Gasteiger partial charge in [0.05, 0.1) is 17.0 Å². The molecule has 0 aliphatic rings. The Morgan fingerprint density at radius 2 is 2.09 bits per heavy atom. The Kier molecular flexibility index (Phi) is 7.43. The van der Waals surface area contributed by atoms with Crippen LogP contribution in [0.4, 0.5) is 0 Å². The highest BCUT2D eigenvalue weighted by Crippen LogP contribution is 2.19. The lowest BCUT2D eigenvalue weighted by Crippen LogP contribution is -2.19. The minimum atomic E-state index is -0.161. The maximum Gasteiger partial charge on any atom is 0.250 e. The molecule has 0 spiro atoms. The Balaban J connectivity index is 1.75. The van der Waals surface area contributed by atoms with Gasteiger partial charge in [0.2, 0.25) is 5.91 Å². The van der Waals surface area contributed by atoms with E-state index in [1.54, 1.807) is 18.2 Å². The molecule has 0 saturated carbocycles. The molecule has 1 N–H and O–H groups in total. The van der Waals surface area contributed by atoms with E-state index in [0.717, 1.165) is 15.8 Å². The number of hydrogen-bond donors (Lipinski definition) is 1. The highest BCUT2D eigenvalue weighted by Gasteiger charge is 2.02. The van der Waals surface area contributed by atoms with Gasteiger partial charge in [0, 0.05) is 20.8 Å². The van der Waals surface area contributed by atoms with Gasteiger partial charge in [0.1, 0.15) is 0 Å². The second-order valence-electron chi connectivity index (χ2n) is 4.58. The number of carbonyl (C=O) groups is 1. The fourth-order valence-corrected chi connectivity index (χ4v) is 3.37. The van der Waals surface area contributed by atoms with Gasteiger partial charge in [0.25, 0.3) is 0 Å². The molecule has 0 unspecified atom stereocenters. The quantitative estimate of drug-likeness (QED) is 0.508. The van der Waals surface area contributed by atoms with Gasteiger partial charge in [0.15, 0.2) is 0 Å². The number of amides is 1. The van der Waals surface area contributed by atoms with E-state index in [2.05, 4.69) is 26.5 Å². The first-order valence-corrected chi connectivity index (χ1v) is 9.34. The maximum absolute atomic E-state index is 11.7. The normalized spacial score (nSPS) is 10.9. The molecule has 0 bridgehead atoms.